The van der Waals surface area contributed by atoms with Crippen LogP contribution in [-0.2, 0) is 28.7 Å². The Morgan fingerprint density at radius 2 is 0.910 bits per heavy atom. The fourth-order valence-electron chi connectivity index (χ4n) is 13.7. The number of fused-ring (bicyclic) bond motifs is 11. The van der Waals surface area contributed by atoms with Crippen molar-refractivity contribution in [3.63, 3.8) is 0 Å². The van der Waals surface area contributed by atoms with Gasteiger partial charge in [-0.3, -0.25) is 0 Å². The van der Waals surface area contributed by atoms with E-state index in [0.29, 0.717) is 11.8 Å². The van der Waals surface area contributed by atoms with E-state index >= 15 is 0 Å². The maximum Gasteiger partial charge on any atom is 0.295 e. The second-order valence-corrected chi connectivity index (χ2v) is 28.3. The van der Waals surface area contributed by atoms with Crippen molar-refractivity contribution in [3.8, 4) is 39.6 Å². The molecule has 2 aliphatic rings. The molecule has 0 fully saturated rings. The number of aryl methyl sites for hydroxylation is 2. The SMILES string of the molecule is Cc1ccccc1-c1n(-c2c(C(C)C)cccc2C(C)C)c2cc(-c3cc4c5c(c3)-n3c6ccc(C(C)(C)C)cc6c6cc(C(C)(C)C)cc(c63)B5c3cc(C(C)(C)C)cc5c6cc(C(C)(C)C)ccc6n-4c35)ccc2[n+]1C. The van der Waals surface area contributed by atoms with Gasteiger partial charge in [0.05, 0.1) is 23.6 Å². The molecule has 0 N–H and O–H groups in total. The van der Waals surface area contributed by atoms with Gasteiger partial charge in [0.15, 0.2) is 11.0 Å². The Bertz CT molecular complexity index is 4180. The van der Waals surface area contributed by atoms with Gasteiger partial charge in [-0.05, 0) is 169 Å². The van der Waals surface area contributed by atoms with Gasteiger partial charge in [-0.15, -0.1) is 0 Å². The summed E-state index contributed by atoms with van der Waals surface area (Å²) in [5.74, 6) is 1.84. The molecule has 2 aliphatic heterocycles. The van der Waals surface area contributed by atoms with Crippen LogP contribution in [0.5, 0.6) is 0 Å². The molecule has 392 valence electrons. The van der Waals surface area contributed by atoms with E-state index in [1.807, 2.05) is 0 Å². The molecule has 78 heavy (non-hydrogen) atoms. The summed E-state index contributed by atoms with van der Waals surface area (Å²) >= 11 is 0. The first-order valence-electron chi connectivity index (χ1n) is 28.9. The molecule has 4 nitrogen and oxygen atoms in total. The van der Waals surface area contributed by atoms with E-state index in [0.717, 1.165) is 0 Å². The average molecular weight is 1020 g/mol. The Morgan fingerprint density at radius 3 is 1.37 bits per heavy atom. The molecule has 0 saturated heterocycles. The smallest absolute Gasteiger partial charge is 0.295 e. The molecule has 5 heteroatoms. The molecule has 0 radical (unpaired) electrons. The van der Waals surface area contributed by atoms with Crippen molar-refractivity contribution in [1.29, 1.82) is 0 Å². The number of para-hydroxylation sites is 1. The molecular weight excluding hydrogens is 944 g/mol. The van der Waals surface area contributed by atoms with E-state index in [4.69, 9.17) is 0 Å². The van der Waals surface area contributed by atoms with Crippen molar-refractivity contribution in [2.75, 3.05) is 0 Å². The number of hydrogen-bond acceptors (Lipinski definition) is 0. The first-order valence-corrected chi connectivity index (χ1v) is 28.9. The van der Waals surface area contributed by atoms with Crippen LogP contribution in [0.25, 0.3) is 94.2 Å². The van der Waals surface area contributed by atoms with Crippen molar-refractivity contribution in [2.45, 2.75) is 151 Å². The molecule has 0 amide bonds. The summed E-state index contributed by atoms with van der Waals surface area (Å²) in [5.41, 5.74) is 28.6. The molecule has 0 aliphatic carbocycles. The van der Waals surface area contributed by atoms with Gasteiger partial charge in [-0.1, -0.05) is 171 Å². The molecule has 13 rings (SSSR count). The Morgan fingerprint density at radius 1 is 0.436 bits per heavy atom. The third kappa shape index (κ3) is 7.28. The largest absolute Gasteiger partial charge is 0.310 e. The van der Waals surface area contributed by atoms with Gasteiger partial charge < -0.3 is 9.13 Å². The van der Waals surface area contributed by atoms with Gasteiger partial charge >= 0.3 is 0 Å². The van der Waals surface area contributed by atoms with Crippen LogP contribution >= 0.6 is 0 Å². The van der Waals surface area contributed by atoms with Crippen LogP contribution in [0.4, 0.5) is 0 Å². The van der Waals surface area contributed by atoms with E-state index in [1.165, 1.54) is 150 Å². The lowest BCUT2D eigenvalue weighted by Crippen LogP contribution is -2.59. The predicted molar refractivity (Wildman–Crippen MR) is 336 cm³/mol. The molecule has 0 spiro atoms. The van der Waals surface area contributed by atoms with Crippen LogP contribution in [0.3, 0.4) is 0 Å². The Balaban J connectivity index is 1.21. The van der Waals surface area contributed by atoms with Crippen molar-refractivity contribution >= 4 is 77.7 Å². The van der Waals surface area contributed by atoms with Gasteiger partial charge in [0, 0.05) is 55.1 Å². The lowest BCUT2D eigenvalue weighted by atomic mass is 9.34. The standard InChI is InChI=1S/C73H78BN4/c1-41(2)50-24-21-25-51(42(3)4)66(50)78-62-32-44(26-29-61(62)75(18)69(78)52-23-20-19-22-43(52)5)45-33-63-65-64(34-45)77-60-31-28-47(71(9,10)11)36-54(60)56-38-49(73(15,16)17)40-58(68(56)77)74(65)57-39-48(72(12,13)14)37-55-53-35-46(70(6,7)8)27-30-59(53)76(63)67(55)57/h19-42H,1-18H3/q+1. The summed E-state index contributed by atoms with van der Waals surface area (Å²) in [6, 6.07) is 53.4. The molecule has 3 aromatic heterocycles. The zero-order valence-electron chi connectivity index (χ0n) is 49.7. The molecule has 0 saturated carbocycles. The van der Waals surface area contributed by atoms with E-state index in [2.05, 4.69) is 276 Å². The normalized spacial score (nSPS) is 13.7. The molecular formula is C73H78BN4+. The molecule has 11 aromatic rings. The summed E-state index contributed by atoms with van der Waals surface area (Å²) in [7, 11) is 2.27. The molecule has 0 bridgehead atoms. The van der Waals surface area contributed by atoms with Crippen LogP contribution < -0.4 is 21.0 Å². The summed E-state index contributed by atoms with van der Waals surface area (Å²) < 4.78 is 10.4. The first-order chi connectivity index (χ1) is 36.7. The number of benzene rings is 8. The van der Waals surface area contributed by atoms with E-state index < -0.39 is 0 Å². The summed E-state index contributed by atoms with van der Waals surface area (Å²) in [6.07, 6.45) is 0. The van der Waals surface area contributed by atoms with Gasteiger partial charge in [-0.2, -0.15) is 4.57 Å². The maximum absolute atomic E-state index is 2.68. The van der Waals surface area contributed by atoms with Gasteiger partial charge in [0.1, 0.15) is 5.69 Å². The van der Waals surface area contributed by atoms with Crippen LogP contribution in [-0.4, -0.2) is 20.4 Å². The molecule has 5 heterocycles. The first kappa shape index (κ1) is 50.4. The zero-order chi connectivity index (χ0) is 55.2. The fourth-order valence-corrected chi connectivity index (χ4v) is 13.7. The Hall–Kier alpha value is -7.11. The minimum absolute atomic E-state index is 0.00821. The monoisotopic (exact) mass is 1020 g/mol. The molecule has 0 unspecified atom stereocenters. The quantitative estimate of drug-likeness (QED) is 0.121. The number of aromatic nitrogens is 4. The fraction of sp³-hybridized carbons (Fsp3) is 0.329. The van der Waals surface area contributed by atoms with E-state index in [9.17, 15) is 0 Å². The minimum Gasteiger partial charge on any atom is -0.310 e. The highest BCUT2D eigenvalue weighted by molar-refractivity contribution is 7.00. The number of hydrogen-bond donors (Lipinski definition) is 0. The highest BCUT2D eigenvalue weighted by atomic mass is 15.2. The highest BCUT2D eigenvalue weighted by Gasteiger charge is 2.43. The summed E-state index contributed by atoms with van der Waals surface area (Å²) in [5, 5.41) is 5.36. The third-order valence-electron chi connectivity index (χ3n) is 18.2. The Kier molecular flexibility index (Phi) is 10.8. The Labute approximate surface area is 463 Å². The predicted octanol–water partition coefficient (Wildman–Crippen LogP) is 16.9. The topological polar surface area (TPSA) is 18.7 Å². The number of nitrogens with zero attached hydrogens (tertiary/aromatic N) is 4. The van der Waals surface area contributed by atoms with Crippen molar-refractivity contribution in [3.05, 3.63) is 172 Å². The highest BCUT2D eigenvalue weighted by Crippen LogP contribution is 2.46. The lowest BCUT2D eigenvalue weighted by Gasteiger charge is -2.36. The second-order valence-electron chi connectivity index (χ2n) is 28.3. The molecule has 0 atom stereocenters. The van der Waals surface area contributed by atoms with Crippen LogP contribution in [0.2, 0.25) is 0 Å². The average Bonchev–Trinajstić information content (AvgIpc) is 2.87. The number of rotatable bonds is 5. The number of imidazole rings is 1. The van der Waals surface area contributed by atoms with Crippen molar-refractivity contribution < 1.29 is 4.57 Å². The zero-order valence-corrected chi connectivity index (χ0v) is 49.7. The maximum atomic E-state index is 2.68. The van der Waals surface area contributed by atoms with Crippen LogP contribution in [0.15, 0.2) is 133 Å². The van der Waals surface area contributed by atoms with E-state index in [1.54, 1.807) is 0 Å². The van der Waals surface area contributed by atoms with Crippen molar-refractivity contribution in [2.24, 2.45) is 7.05 Å². The minimum atomic E-state index is -0.0686. The van der Waals surface area contributed by atoms with Crippen LogP contribution in [0.1, 0.15) is 162 Å². The van der Waals surface area contributed by atoms with Crippen LogP contribution in [0, 0.1) is 6.92 Å². The van der Waals surface area contributed by atoms with Gasteiger partial charge in [0.2, 0.25) is 0 Å². The van der Waals surface area contributed by atoms with Gasteiger partial charge in [0.25, 0.3) is 12.5 Å². The van der Waals surface area contributed by atoms with Gasteiger partial charge in [-0.25, -0.2) is 4.57 Å². The van der Waals surface area contributed by atoms with Crippen molar-refractivity contribution in [1.82, 2.24) is 13.7 Å². The third-order valence-corrected chi connectivity index (χ3v) is 18.2. The molecule has 8 aromatic carbocycles. The summed E-state index contributed by atoms with van der Waals surface area (Å²) in [4.78, 5) is 0. The lowest BCUT2D eigenvalue weighted by molar-refractivity contribution is -0.633. The summed E-state index contributed by atoms with van der Waals surface area (Å²) in [6.45, 7) is 40.1. The second kappa shape index (κ2) is 16.7. The van der Waals surface area contributed by atoms with E-state index in [-0.39, 0.29) is 28.4 Å².